The van der Waals surface area contributed by atoms with Crippen LogP contribution in [-0.4, -0.2) is 0 Å². The third kappa shape index (κ3) is 8.45. The molecule has 0 bridgehead atoms. The first-order valence-corrected chi connectivity index (χ1v) is 36.7. The second-order valence-electron chi connectivity index (χ2n) is 31.4. The van der Waals surface area contributed by atoms with Crippen LogP contribution in [0.3, 0.4) is 0 Å². The van der Waals surface area contributed by atoms with Crippen molar-refractivity contribution in [2.45, 2.75) is 184 Å². The van der Waals surface area contributed by atoms with E-state index in [1.807, 2.05) is 0 Å². The summed E-state index contributed by atoms with van der Waals surface area (Å²) in [6, 6.07) is 71.1. The Kier molecular flexibility index (Phi) is 13.5. The van der Waals surface area contributed by atoms with Gasteiger partial charge >= 0.3 is 0 Å². The lowest BCUT2D eigenvalue weighted by molar-refractivity contribution is 0.658. The van der Waals surface area contributed by atoms with Gasteiger partial charge in [0.15, 0.2) is 0 Å². The molecule has 0 heterocycles. The molecule has 4 aliphatic rings. The largest absolute Gasteiger partial charge is 0.0613 e. The molecule has 0 unspecified atom stereocenters. The van der Waals surface area contributed by atoms with Crippen LogP contribution in [0.5, 0.6) is 0 Å². The molecule has 0 radical (unpaired) electrons. The maximum absolute atomic E-state index is 2.65. The van der Waals surface area contributed by atoms with Crippen molar-refractivity contribution in [3.8, 4) is 89.0 Å². The van der Waals surface area contributed by atoms with E-state index < -0.39 is 0 Å². The Hall–Kier alpha value is -8.84. The van der Waals surface area contributed by atoms with Crippen LogP contribution in [0.1, 0.15) is 200 Å². The van der Waals surface area contributed by atoms with Gasteiger partial charge in [0.25, 0.3) is 0 Å². The van der Waals surface area contributed by atoms with Gasteiger partial charge in [-0.05, 0) is 321 Å². The number of fused-ring (bicyclic) bond motifs is 14. The molecule has 0 amide bonds. The van der Waals surface area contributed by atoms with Gasteiger partial charge in [0, 0.05) is 21.7 Å². The summed E-state index contributed by atoms with van der Waals surface area (Å²) < 4.78 is 0. The second-order valence-corrected chi connectivity index (χ2v) is 31.4. The minimum Gasteiger partial charge on any atom is -0.0613 e. The lowest BCUT2D eigenvalue weighted by Gasteiger charge is -2.25. The molecule has 0 atom stereocenters. The molecule has 13 aromatic carbocycles. The van der Waals surface area contributed by atoms with E-state index in [0.29, 0.717) is 0 Å². The third-order valence-electron chi connectivity index (χ3n) is 24.8. The average molecular weight is 1250 g/mol. The van der Waals surface area contributed by atoms with E-state index in [1.54, 1.807) is 0 Å². The molecule has 476 valence electrons. The van der Waals surface area contributed by atoms with Crippen LogP contribution in [0.25, 0.3) is 132 Å². The van der Waals surface area contributed by atoms with E-state index in [4.69, 9.17) is 0 Å². The van der Waals surface area contributed by atoms with Crippen LogP contribution in [0.15, 0.2) is 170 Å². The monoisotopic (exact) mass is 1240 g/mol. The van der Waals surface area contributed by atoms with Crippen molar-refractivity contribution in [2.24, 2.45) is 0 Å². The smallest absolute Gasteiger partial charge is 0.0159 e. The molecule has 17 rings (SSSR count). The highest BCUT2D eigenvalue weighted by Gasteiger charge is 2.42. The summed E-state index contributed by atoms with van der Waals surface area (Å²) in [5.41, 5.74) is 43.7. The lowest BCUT2D eigenvalue weighted by atomic mass is 9.78. The highest BCUT2D eigenvalue weighted by Crippen LogP contribution is 2.60. The Bertz CT molecular complexity index is 4860. The third-order valence-corrected chi connectivity index (χ3v) is 24.8. The van der Waals surface area contributed by atoms with Gasteiger partial charge in [-0.2, -0.15) is 0 Å². The van der Waals surface area contributed by atoms with Gasteiger partial charge in [-0.15, -0.1) is 0 Å². The van der Waals surface area contributed by atoms with Crippen molar-refractivity contribution in [3.05, 3.63) is 259 Å². The normalized spacial score (nSPS) is 15.3. The fraction of sp³-hybridized carbons (Fsp3) is 0.292. The summed E-state index contributed by atoms with van der Waals surface area (Å²) in [4.78, 5) is 0. The first kappa shape index (κ1) is 60.8. The Balaban J connectivity index is 1.05. The van der Waals surface area contributed by atoms with Gasteiger partial charge in [0.2, 0.25) is 0 Å². The zero-order valence-corrected chi connectivity index (χ0v) is 59.8. The minimum absolute atomic E-state index is 0.156. The number of hydrogen-bond donors (Lipinski definition) is 0. The lowest BCUT2D eigenvalue weighted by Crippen LogP contribution is -2.15. The van der Waals surface area contributed by atoms with Crippen LogP contribution >= 0.6 is 0 Å². The molecule has 0 nitrogen and oxygen atoms in total. The molecule has 0 saturated carbocycles. The molecule has 96 heavy (non-hydrogen) atoms. The van der Waals surface area contributed by atoms with E-state index in [2.05, 4.69) is 281 Å². The van der Waals surface area contributed by atoms with Gasteiger partial charge < -0.3 is 0 Å². The van der Waals surface area contributed by atoms with Crippen molar-refractivity contribution in [2.75, 3.05) is 0 Å². The summed E-state index contributed by atoms with van der Waals surface area (Å²) in [6.45, 7) is 38.4. The molecular weight excluding hydrogens is 1150 g/mol. The molecule has 4 aliphatic carbocycles. The van der Waals surface area contributed by atoms with Crippen molar-refractivity contribution in [1.82, 2.24) is 0 Å². The van der Waals surface area contributed by atoms with E-state index in [9.17, 15) is 0 Å². The molecule has 0 aliphatic heterocycles. The van der Waals surface area contributed by atoms with Crippen LogP contribution in [-0.2, 0) is 73.0 Å². The first-order chi connectivity index (χ1) is 46.2. The van der Waals surface area contributed by atoms with Crippen LogP contribution in [0.2, 0.25) is 0 Å². The molecule has 0 heteroatoms. The zero-order valence-electron chi connectivity index (χ0n) is 59.8. The quantitative estimate of drug-likeness (QED) is 0.0845. The van der Waals surface area contributed by atoms with E-state index in [-0.39, 0.29) is 21.7 Å². The average Bonchev–Trinajstić information content (AvgIpc) is 1.51. The molecular formula is C96H92. The predicted molar refractivity (Wildman–Crippen MR) is 415 cm³/mol. The summed E-state index contributed by atoms with van der Waals surface area (Å²) in [6.07, 6.45) is 7.92. The highest BCUT2D eigenvalue weighted by atomic mass is 14.5. The standard InChI is InChI=1S/C96H92/c1-17-53-25-29-67-79(37-53)93(9,10)83-41-57(21-5)33-71(89(67)83)61-45-65-46-62(72-34-58(22-6)42-84-90(72)68-30-26-54(18-2)38-80(68)94(84,11)12)51-77-78-52-64(74-36-60(24-8)44-86-92(74)70-32-28-56(20-4)40-82(70)96(86,15)16)48-66-47-63(50-76(88(66)78)75(49-61)87(65)77)73-35-59(23-7)43-85-91(73)69-31-27-55(19-3)39-81(69)95(85,13)14/h25-52H,17-24H2,1-16H3. The summed E-state index contributed by atoms with van der Waals surface area (Å²) >= 11 is 0. The minimum atomic E-state index is -0.156. The van der Waals surface area contributed by atoms with Gasteiger partial charge in [-0.3, -0.25) is 0 Å². The fourth-order valence-electron chi connectivity index (χ4n) is 18.9. The summed E-state index contributed by atoms with van der Waals surface area (Å²) in [7, 11) is 0. The van der Waals surface area contributed by atoms with E-state index in [0.717, 1.165) is 51.4 Å². The van der Waals surface area contributed by atoms with Crippen LogP contribution in [0, 0.1) is 0 Å². The topological polar surface area (TPSA) is 0 Å². The number of rotatable bonds is 12. The Morgan fingerprint density at radius 2 is 0.396 bits per heavy atom. The van der Waals surface area contributed by atoms with E-state index >= 15 is 0 Å². The molecule has 13 aromatic rings. The summed E-state index contributed by atoms with van der Waals surface area (Å²) in [5.74, 6) is 0. The zero-order chi connectivity index (χ0) is 66.5. The number of aryl methyl sites for hydroxylation is 8. The SMILES string of the molecule is CCc1ccc2c(c1)C(C)(C)c1cc(CC)cc(-c3cc4cc(-c5cc(CC)cc6c5-c5ccc(CC)cc5C6(C)C)cc5c6cc(-c7cc(CC)cc8c7-c7ccc(CC)cc7C8(C)C)cc7cc(-c8cc(CC)cc9c8-c8ccc(CC)cc8C9(C)C)cc(c(c3)c45)c76)c1-2. The van der Waals surface area contributed by atoms with Crippen LogP contribution in [0.4, 0.5) is 0 Å². The van der Waals surface area contributed by atoms with Gasteiger partial charge in [-0.1, -0.05) is 232 Å². The van der Waals surface area contributed by atoms with Crippen molar-refractivity contribution in [1.29, 1.82) is 0 Å². The maximum atomic E-state index is 2.65. The molecule has 0 fully saturated rings. The second kappa shape index (κ2) is 21.3. The van der Waals surface area contributed by atoms with Crippen molar-refractivity contribution >= 4 is 43.1 Å². The Morgan fingerprint density at radius 1 is 0.198 bits per heavy atom. The van der Waals surface area contributed by atoms with Gasteiger partial charge in [0.1, 0.15) is 0 Å². The number of hydrogen-bond acceptors (Lipinski definition) is 0. The number of benzene rings is 13. The molecule has 0 N–H and O–H groups in total. The van der Waals surface area contributed by atoms with Crippen molar-refractivity contribution < 1.29 is 0 Å². The van der Waals surface area contributed by atoms with Gasteiger partial charge in [0.05, 0.1) is 0 Å². The molecule has 0 aromatic heterocycles. The van der Waals surface area contributed by atoms with Gasteiger partial charge in [-0.25, -0.2) is 0 Å². The Labute approximate surface area is 571 Å². The van der Waals surface area contributed by atoms with E-state index in [1.165, 1.54) is 221 Å². The molecule has 0 spiro atoms. The first-order valence-electron chi connectivity index (χ1n) is 36.7. The summed E-state index contributed by atoms with van der Waals surface area (Å²) in [5, 5.41) is 10.6. The highest BCUT2D eigenvalue weighted by molar-refractivity contribution is 6.35. The molecule has 0 saturated heterocycles. The maximum Gasteiger partial charge on any atom is 0.0159 e. The van der Waals surface area contributed by atoms with Crippen molar-refractivity contribution in [3.63, 3.8) is 0 Å². The van der Waals surface area contributed by atoms with Crippen LogP contribution < -0.4 is 0 Å². The Morgan fingerprint density at radius 3 is 0.594 bits per heavy atom. The fourth-order valence-corrected chi connectivity index (χ4v) is 18.9. The predicted octanol–water partition coefficient (Wildman–Crippen LogP) is 26.1.